The van der Waals surface area contributed by atoms with E-state index in [2.05, 4.69) is 40.7 Å². The quantitative estimate of drug-likeness (QED) is 0.621. The normalized spacial score (nSPS) is 11.2. The van der Waals surface area contributed by atoms with E-state index in [1.807, 2.05) is 12.1 Å². The third-order valence-corrected chi connectivity index (χ3v) is 4.57. The van der Waals surface area contributed by atoms with E-state index in [0.717, 1.165) is 24.0 Å². The smallest absolute Gasteiger partial charge is 0.178 e. The minimum atomic E-state index is 0.534. The van der Waals surface area contributed by atoms with Gasteiger partial charge in [-0.2, -0.15) is 0 Å². The molecule has 3 rings (SSSR count). The molecule has 0 spiro atoms. The molecule has 0 aliphatic rings. The Labute approximate surface area is 138 Å². The Morgan fingerprint density at radius 3 is 2.67 bits per heavy atom. The molecule has 0 amide bonds. The molecular formula is C16H14Cl2N2S. The van der Waals surface area contributed by atoms with E-state index >= 15 is 0 Å². The Morgan fingerprint density at radius 1 is 1.14 bits per heavy atom. The number of aromatic amines is 1. The average Bonchev–Trinajstić information content (AvgIpc) is 2.72. The lowest BCUT2D eigenvalue weighted by atomic mass is 10.1. The fourth-order valence-electron chi connectivity index (χ4n) is 2.48. The molecule has 2 aromatic carbocycles. The molecule has 0 aliphatic carbocycles. The maximum atomic E-state index is 6.11. The van der Waals surface area contributed by atoms with Crippen LogP contribution in [0.1, 0.15) is 11.1 Å². The zero-order chi connectivity index (χ0) is 15.0. The van der Waals surface area contributed by atoms with Gasteiger partial charge < -0.3 is 9.55 Å². The van der Waals surface area contributed by atoms with Gasteiger partial charge in [0.15, 0.2) is 4.77 Å². The van der Waals surface area contributed by atoms with E-state index in [1.165, 1.54) is 11.1 Å². The first kappa shape index (κ1) is 14.6. The summed E-state index contributed by atoms with van der Waals surface area (Å²) in [5.74, 6) is 0. The summed E-state index contributed by atoms with van der Waals surface area (Å²) >= 11 is 17.6. The number of hydrogen-bond acceptors (Lipinski definition) is 1. The van der Waals surface area contributed by atoms with Crippen molar-refractivity contribution in [1.29, 1.82) is 0 Å². The second-order valence-corrected chi connectivity index (χ2v) is 6.31. The topological polar surface area (TPSA) is 20.7 Å². The maximum Gasteiger partial charge on any atom is 0.178 e. The SMILES string of the molecule is Cc1cccc(CCn2c(=S)[nH]c3cc(Cl)c(Cl)cc32)c1. The van der Waals surface area contributed by atoms with Crippen LogP contribution in [0, 0.1) is 11.7 Å². The van der Waals surface area contributed by atoms with Gasteiger partial charge in [0, 0.05) is 6.54 Å². The van der Waals surface area contributed by atoms with Crippen molar-refractivity contribution in [2.45, 2.75) is 19.9 Å². The van der Waals surface area contributed by atoms with Gasteiger partial charge in [0.2, 0.25) is 0 Å². The molecule has 2 nitrogen and oxygen atoms in total. The van der Waals surface area contributed by atoms with Gasteiger partial charge in [-0.1, -0.05) is 53.0 Å². The van der Waals surface area contributed by atoms with Crippen LogP contribution in [0.25, 0.3) is 11.0 Å². The largest absolute Gasteiger partial charge is 0.331 e. The highest BCUT2D eigenvalue weighted by Crippen LogP contribution is 2.27. The summed E-state index contributed by atoms with van der Waals surface area (Å²) < 4.78 is 2.76. The van der Waals surface area contributed by atoms with E-state index in [1.54, 1.807) is 0 Å². The van der Waals surface area contributed by atoms with Crippen LogP contribution in [0.2, 0.25) is 10.0 Å². The van der Waals surface area contributed by atoms with E-state index in [-0.39, 0.29) is 0 Å². The Kier molecular flexibility index (Phi) is 4.07. The van der Waals surface area contributed by atoms with E-state index < -0.39 is 0 Å². The van der Waals surface area contributed by atoms with Crippen molar-refractivity contribution < 1.29 is 0 Å². The van der Waals surface area contributed by atoms with E-state index in [9.17, 15) is 0 Å². The molecule has 0 aliphatic heterocycles. The van der Waals surface area contributed by atoms with Gasteiger partial charge in [0.05, 0.1) is 21.1 Å². The number of halogens is 2. The van der Waals surface area contributed by atoms with Gasteiger partial charge in [0.25, 0.3) is 0 Å². The molecule has 0 unspecified atom stereocenters. The first-order valence-corrected chi connectivity index (χ1v) is 7.84. The van der Waals surface area contributed by atoms with E-state index in [0.29, 0.717) is 14.8 Å². The molecule has 1 aromatic heterocycles. The number of imidazole rings is 1. The van der Waals surface area contributed by atoms with Gasteiger partial charge >= 0.3 is 0 Å². The number of H-pyrrole nitrogens is 1. The highest BCUT2D eigenvalue weighted by Gasteiger charge is 2.08. The zero-order valence-electron chi connectivity index (χ0n) is 11.5. The van der Waals surface area contributed by atoms with Crippen molar-refractivity contribution in [3.63, 3.8) is 0 Å². The molecule has 0 fully saturated rings. The fraction of sp³-hybridized carbons (Fsp3) is 0.188. The van der Waals surface area contributed by atoms with Crippen molar-refractivity contribution in [1.82, 2.24) is 9.55 Å². The number of aromatic nitrogens is 2. The number of hydrogen-bond donors (Lipinski definition) is 1. The molecular weight excluding hydrogens is 323 g/mol. The summed E-state index contributed by atoms with van der Waals surface area (Å²) in [6, 6.07) is 12.2. The molecule has 21 heavy (non-hydrogen) atoms. The molecule has 0 saturated heterocycles. The highest BCUT2D eigenvalue weighted by atomic mass is 35.5. The number of nitrogens with one attached hydrogen (secondary N) is 1. The summed E-state index contributed by atoms with van der Waals surface area (Å²) in [7, 11) is 0. The number of nitrogens with zero attached hydrogens (tertiary/aromatic N) is 1. The van der Waals surface area contributed by atoms with Crippen molar-refractivity contribution in [2.75, 3.05) is 0 Å². The summed E-state index contributed by atoms with van der Waals surface area (Å²) in [6.45, 7) is 2.91. The number of aryl methyl sites for hydroxylation is 3. The summed E-state index contributed by atoms with van der Waals surface area (Å²) in [5, 5.41) is 1.08. The van der Waals surface area contributed by atoms with Crippen LogP contribution in [-0.4, -0.2) is 9.55 Å². The number of fused-ring (bicyclic) bond motifs is 1. The van der Waals surface area contributed by atoms with Crippen molar-refractivity contribution >= 4 is 46.5 Å². The monoisotopic (exact) mass is 336 g/mol. The van der Waals surface area contributed by atoms with Crippen LogP contribution in [0.3, 0.4) is 0 Å². The molecule has 5 heteroatoms. The van der Waals surface area contributed by atoms with Gasteiger partial charge in [-0.3, -0.25) is 0 Å². The second kappa shape index (κ2) is 5.84. The molecule has 0 bridgehead atoms. The van der Waals surface area contributed by atoms with Gasteiger partial charge in [-0.15, -0.1) is 0 Å². The highest BCUT2D eigenvalue weighted by molar-refractivity contribution is 7.71. The zero-order valence-corrected chi connectivity index (χ0v) is 13.8. The average molecular weight is 337 g/mol. The Morgan fingerprint density at radius 2 is 1.90 bits per heavy atom. The van der Waals surface area contributed by atoms with Crippen LogP contribution < -0.4 is 0 Å². The standard InChI is InChI=1S/C16H14Cl2N2S/c1-10-3-2-4-11(7-10)5-6-20-15-9-13(18)12(17)8-14(15)19-16(20)21/h2-4,7-9H,5-6H2,1H3,(H,19,21). The first-order valence-electron chi connectivity index (χ1n) is 6.68. The Balaban J connectivity index is 1.95. The minimum Gasteiger partial charge on any atom is -0.331 e. The number of rotatable bonds is 3. The summed E-state index contributed by atoms with van der Waals surface area (Å²) in [5.41, 5.74) is 4.47. The number of benzene rings is 2. The maximum absolute atomic E-state index is 6.11. The molecule has 108 valence electrons. The third-order valence-electron chi connectivity index (χ3n) is 3.52. The van der Waals surface area contributed by atoms with Crippen molar-refractivity contribution in [3.05, 3.63) is 62.3 Å². The predicted octanol–water partition coefficient (Wildman–Crippen LogP) is 5.56. The molecule has 1 N–H and O–H groups in total. The van der Waals surface area contributed by atoms with Crippen LogP contribution in [0.15, 0.2) is 36.4 Å². The molecule has 3 aromatic rings. The van der Waals surface area contributed by atoms with Gasteiger partial charge in [0.1, 0.15) is 0 Å². The molecule has 1 heterocycles. The van der Waals surface area contributed by atoms with Crippen LogP contribution in [-0.2, 0) is 13.0 Å². The summed E-state index contributed by atoms with van der Waals surface area (Å²) in [6.07, 6.45) is 0.920. The van der Waals surface area contributed by atoms with Crippen molar-refractivity contribution in [3.8, 4) is 0 Å². The Bertz CT molecular complexity index is 864. The molecule has 0 atom stereocenters. The van der Waals surface area contributed by atoms with Crippen LogP contribution in [0.4, 0.5) is 0 Å². The first-order chi connectivity index (χ1) is 10.0. The Hall–Kier alpha value is -1.29. The van der Waals surface area contributed by atoms with Crippen molar-refractivity contribution in [2.24, 2.45) is 0 Å². The lowest BCUT2D eigenvalue weighted by molar-refractivity contribution is 0.706. The predicted molar refractivity (Wildman–Crippen MR) is 92.0 cm³/mol. The van der Waals surface area contributed by atoms with Gasteiger partial charge in [-0.25, -0.2) is 0 Å². The fourth-order valence-corrected chi connectivity index (χ4v) is 3.10. The lowest BCUT2D eigenvalue weighted by Crippen LogP contribution is -2.01. The van der Waals surface area contributed by atoms with E-state index in [4.69, 9.17) is 35.4 Å². The third kappa shape index (κ3) is 3.00. The molecule has 0 saturated carbocycles. The van der Waals surface area contributed by atoms with Crippen LogP contribution in [0.5, 0.6) is 0 Å². The lowest BCUT2D eigenvalue weighted by Gasteiger charge is -2.06. The summed E-state index contributed by atoms with van der Waals surface area (Å²) in [4.78, 5) is 3.18. The molecule has 0 radical (unpaired) electrons. The minimum absolute atomic E-state index is 0.534. The van der Waals surface area contributed by atoms with Crippen LogP contribution >= 0.6 is 35.4 Å². The second-order valence-electron chi connectivity index (χ2n) is 5.10. The van der Waals surface area contributed by atoms with Gasteiger partial charge in [-0.05, 0) is 43.3 Å².